The Hall–Kier alpha value is -2.38. The van der Waals surface area contributed by atoms with Crippen molar-refractivity contribution in [3.8, 4) is 5.69 Å². The van der Waals surface area contributed by atoms with Crippen molar-refractivity contribution in [1.29, 1.82) is 0 Å². The normalized spacial score (nSPS) is 18.3. The summed E-state index contributed by atoms with van der Waals surface area (Å²) in [5, 5.41) is 16.9. The molecule has 1 aliphatic rings. The van der Waals surface area contributed by atoms with Gasteiger partial charge in [-0.3, -0.25) is 4.79 Å². The lowest BCUT2D eigenvalue weighted by atomic mass is 9.93. The Bertz CT molecular complexity index is 815. The number of aliphatic carboxylic acids is 1. The predicted octanol–water partition coefficient (Wildman–Crippen LogP) is 2.44. The Morgan fingerprint density at radius 2 is 2.27 bits per heavy atom. The smallest absolute Gasteiger partial charge is 0.326 e. The molecule has 0 spiro atoms. The van der Waals surface area contributed by atoms with Crippen LogP contribution in [-0.2, 0) is 9.53 Å². The maximum absolute atomic E-state index is 12.6. The van der Waals surface area contributed by atoms with Crippen molar-refractivity contribution in [2.24, 2.45) is 5.92 Å². The molecular weight excluding hydrogens is 358 g/mol. The van der Waals surface area contributed by atoms with Crippen LogP contribution in [0.2, 0.25) is 5.02 Å². The molecule has 0 radical (unpaired) electrons. The molecule has 8 heteroatoms. The van der Waals surface area contributed by atoms with E-state index in [1.807, 2.05) is 6.07 Å². The van der Waals surface area contributed by atoms with Crippen molar-refractivity contribution in [3.05, 3.63) is 46.7 Å². The van der Waals surface area contributed by atoms with E-state index in [0.717, 1.165) is 12.1 Å². The van der Waals surface area contributed by atoms with Crippen molar-refractivity contribution in [2.75, 3.05) is 13.2 Å². The van der Waals surface area contributed by atoms with E-state index in [1.165, 1.54) is 6.20 Å². The highest BCUT2D eigenvalue weighted by Gasteiger charge is 2.32. The number of halogens is 1. The molecule has 2 aromatic rings. The number of nitrogens with one attached hydrogen (secondary N) is 1. The largest absolute Gasteiger partial charge is 0.480 e. The number of hydrogen-bond donors (Lipinski definition) is 2. The van der Waals surface area contributed by atoms with Crippen LogP contribution in [0.3, 0.4) is 0 Å². The third kappa shape index (κ3) is 3.89. The molecule has 0 saturated carbocycles. The number of amides is 1. The van der Waals surface area contributed by atoms with E-state index in [0.29, 0.717) is 35.9 Å². The molecule has 26 heavy (non-hydrogen) atoms. The van der Waals surface area contributed by atoms with Crippen LogP contribution in [0.5, 0.6) is 0 Å². The first-order valence-corrected chi connectivity index (χ1v) is 8.77. The van der Waals surface area contributed by atoms with Gasteiger partial charge in [-0.15, -0.1) is 0 Å². The van der Waals surface area contributed by atoms with E-state index in [2.05, 4.69) is 10.4 Å². The van der Waals surface area contributed by atoms with Crippen molar-refractivity contribution in [1.82, 2.24) is 15.1 Å². The summed E-state index contributed by atoms with van der Waals surface area (Å²) in [6, 6.07) is 6.12. The number of nitrogens with zero attached hydrogens (tertiary/aromatic N) is 2. The van der Waals surface area contributed by atoms with Crippen LogP contribution in [0.4, 0.5) is 0 Å². The van der Waals surface area contributed by atoms with E-state index in [-0.39, 0.29) is 5.92 Å². The van der Waals surface area contributed by atoms with Gasteiger partial charge in [0, 0.05) is 17.5 Å². The number of rotatable bonds is 5. The molecule has 2 heterocycles. The van der Waals surface area contributed by atoms with E-state index in [9.17, 15) is 14.7 Å². The average molecular weight is 378 g/mol. The summed E-state index contributed by atoms with van der Waals surface area (Å²) in [4.78, 5) is 24.2. The molecule has 1 aliphatic heterocycles. The molecular formula is C18H20ClN3O4. The molecule has 1 fully saturated rings. The maximum atomic E-state index is 12.6. The second-order valence-corrected chi connectivity index (χ2v) is 6.74. The summed E-state index contributed by atoms with van der Waals surface area (Å²) in [7, 11) is 0. The summed E-state index contributed by atoms with van der Waals surface area (Å²) in [5.74, 6) is -1.77. The minimum Gasteiger partial charge on any atom is -0.480 e. The zero-order valence-electron chi connectivity index (χ0n) is 14.3. The lowest BCUT2D eigenvalue weighted by molar-refractivity contribution is -0.142. The monoisotopic (exact) mass is 377 g/mol. The summed E-state index contributed by atoms with van der Waals surface area (Å²) in [5.41, 5.74) is 1.66. The standard InChI is InChI=1S/C18H20ClN3O4/c1-11-15(9-20-22(11)14-6-2-5-13(19)8-14)17(23)21-16(18(24)25)12-4-3-7-26-10-12/h2,5-6,8-9,12,16H,3-4,7,10H2,1H3,(H,21,23)(H,24,25). The SMILES string of the molecule is Cc1c(C(=O)NC(C(=O)O)C2CCCOC2)cnn1-c1cccc(Cl)c1. The Morgan fingerprint density at radius 3 is 2.92 bits per heavy atom. The van der Waals surface area contributed by atoms with Crippen molar-refractivity contribution < 1.29 is 19.4 Å². The summed E-state index contributed by atoms with van der Waals surface area (Å²) < 4.78 is 6.95. The highest BCUT2D eigenvalue weighted by atomic mass is 35.5. The van der Waals surface area contributed by atoms with Crippen LogP contribution in [0.15, 0.2) is 30.5 Å². The molecule has 1 saturated heterocycles. The fourth-order valence-corrected chi connectivity index (χ4v) is 3.31. The van der Waals surface area contributed by atoms with Crippen LogP contribution in [0.1, 0.15) is 28.9 Å². The van der Waals surface area contributed by atoms with Gasteiger partial charge >= 0.3 is 5.97 Å². The first-order valence-electron chi connectivity index (χ1n) is 8.39. The maximum Gasteiger partial charge on any atom is 0.326 e. The molecule has 0 bridgehead atoms. The summed E-state index contributed by atoms with van der Waals surface area (Å²) in [6.45, 7) is 2.71. The molecule has 0 aliphatic carbocycles. The Balaban J connectivity index is 1.80. The van der Waals surface area contributed by atoms with Gasteiger partial charge in [-0.25, -0.2) is 9.48 Å². The van der Waals surface area contributed by atoms with Crippen molar-refractivity contribution in [2.45, 2.75) is 25.8 Å². The van der Waals surface area contributed by atoms with Crippen molar-refractivity contribution in [3.63, 3.8) is 0 Å². The van der Waals surface area contributed by atoms with Gasteiger partial charge < -0.3 is 15.2 Å². The zero-order valence-corrected chi connectivity index (χ0v) is 15.1. The van der Waals surface area contributed by atoms with E-state index >= 15 is 0 Å². The van der Waals surface area contributed by atoms with E-state index < -0.39 is 17.9 Å². The van der Waals surface area contributed by atoms with E-state index in [4.69, 9.17) is 16.3 Å². The van der Waals surface area contributed by atoms with Crippen LogP contribution in [0, 0.1) is 12.8 Å². The second-order valence-electron chi connectivity index (χ2n) is 6.30. The Kier molecular flexibility index (Phi) is 5.58. The number of aromatic nitrogens is 2. The molecule has 7 nitrogen and oxygen atoms in total. The fourth-order valence-electron chi connectivity index (χ4n) is 3.13. The quantitative estimate of drug-likeness (QED) is 0.834. The number of hydrogen-bond acceptors (Lipinski definition) is 4. The number of carbonyl (C=O) groups is 2. The Morgan fingerprint density at radius 1 is 1.46 bits per heavy atom. The molecule has 138 valence electrons. The number of benzene rings is 1. The van der Waals surface area contributed by atoms with Gasteiger partial charge in [0.15, 0.2) is 0 Å². The third-order valence-corrected chi connectivity index (χ3v) is 4.76. The lowest BCUT2D eigenvalue weighted by Crippen LogP contribution is -2.48. The van der Waals surface area contributed by atoms with Crippen LogP contribution >= 0.6 is 11.6 Å². The van der Waals surface area contributed by atoms with Gasteiger partial charge in [0.2, 0.25) is 0 Å². The number of carbonyl (C=O) groups excluding carboxylic acids is 1. The zero-order chi connectivity index (χ0) is 18.7. The van der Waals surface area contributed by atoms with E-state index in [1.54, 1.807) is 29.8 Å². The highest BCUT2D eigenvalue weighted by Crippen LogP contribution is 2.20. The number of ether oxygens (including phenoxy) is 1. The number of carboxylic acids is 1. The summed E-state index contributed by atoms with van der Waals surface area (Å²) in [6.07, 6.45) is 2.93. The fraction of sp³-hybridized carbons (Fsp3) is 0.389. The van der Waals surface area contributed by atoms with Crippen molar-refractivity contribution >= 4 is 23.5 Å². The minimum atomic E-state index is -1.06. The third-order valence-electron chi connectivity index (χ3n) is 4.53. The lowest BCUT2D eigenvalue weighted by Gasteiger charge is -2.28. The molecule has 2 unspecified atom stereocenters. The second kappa shape index (κ2) is 7.88. The molecule has 1 amide bonds. The molecule has 1 aromatic carbocycles. The first-order chi connectivity index (χ1) is 12.5. The molecule has 2 atom stereocenters. The van der Waals surface area contributed by atoms with Gasteiger partial charge in [-0.1, -0.05) is 17.7 Å². The topological polar surface area (TPSA) is 93.5 Å². The van der Waals surface area contributed by atoms with Gasteiger partial charge in [-0.05, 0) is 38.0 Å². The Labute approximate surface area is 155 Å². The molecule has 3 rings (SSSR count). The van der Waals surface area contributed by atoms with Gasteiger partial charge in [0.1, 0.15) is 6.04 Å². The predicted molar refractivity (Wildman–Crippen MR) is 95.7 cm³/mol. The number of carboxylic acid groups (broad SMARTS) is 1. The van der Waals surface area contributed by atoms with Crippen LogP contribution in [0.25, 0.3) is 5.69 Å². The highest BCUT2D eigenvalue weighted by molar-refractivity contribution is 6.30. The van der Waals surface area contributed by atoms with Gasteiger partial charge in [0.25, 0.3) is 5.91 Å². The molecule has 2 N–H and O–H groups in total. The van der Waals surface area contributed by atoms with Crippen LogP contribution < -0.4 is 5.32 Å². The van der Waals surface area contributed by atoms with Gasteiger partial charge in [-0.2, -0.15) is 5.10 Å². The first kappa shape index (κ1) is 18.4. The molecule has 1 aromatic heterocycles. The summed E-state index contributed by atoms with van der Waals surface area (Å²) >= 11 is 6.01. The minimum absolute atomic E-state index is 0.242. The average Bonchev–Trinajstić information content (AvgIpc) is 3.01. The van der Waals surface area contributed by atoms with Gasteiger partial charge in [0.05, 0.1) is 29.7 Å². The van der Waals surface area contributed by atoms with Crippen LogP contribution in [-0.4, -0.2) is 46.0 Å².